The number of thiophene rings is 1. The third-order valence-electron chi connectivity index (χ3n) is 3.67. The number of aryl methyl sites for hydroxylation is 2. The zero-order chi connectivity index (χ0) is 13.4. The Kier molecular flexibility index (Phi) is 3.12. The number of thiazole rings is 1. The van der Waals surface area contributed by atoms with Crippen LogP contribution in [0.4, 0.5) is 5.82 Å². The van der Waals surface area contributed by atoms with Crippen LogP contribution in [0.2, 0.25) is 0 Å². The maximum atomic E-state index is 4.45. The predicted octanol–water partition coefficient (Wildman–Crippen LogP) is 3.64. The van der Waals surface area contributed by atoms with Crippen molar-refractivity contribution in [2.24, 2.45) is 0 Å². The van der Waals surface area contributed by atoms with Gasteiger partial charge in [0.05, 0.1) is 23.1 Å². The predicted molar refractivity (Wildman–Crippen MR) is 83.5 cm³/mol. The minimum absolute atomic E-state index is 0.722. The molecule has 1 aliphatic rings. The molecule has 0 saturated carbocycles. The molecule has 1 N–H and O–H groups in total. The van der Waals surface area contributed by atoms with E-state index in [9.17, 15) is 0 Å². The molecule has 0 aliphatic heterocycles. The fourth-order valence-corrected chi connectivity index (χ4v) is 4.51. The first-order valence-electron chi connectivity index (χ1n) is 6.78. The lowest BCUT2D eigenvalue weighted by atomic mass is 9.97. The third kappa shape index (κ3) is 2.09. The SMILES string of the molecule is c1nc(NCc2cscn2)c2c3c(sc2n1)CCCC3. The molecule has 3 heterocycles. The highest BCUT2D eigenvalue weighted by atomic mass is 32.1. The Morgan fingerprint density at radius 1 is 1.15 bits per heavy atom. The van der Waals surface area contributed by atoms with E-state index in [0.717, 1.165) is 29.3 Å². The molecule has 0 fully saturated rings. The van der Waals surface area contributed by atoms with Crippen LogP contribution < -0.4 is 5.32 Å². The van der Waals surface area contributed by atoms with Crippen LogP contribution in [0.25, 0.3) is 10.2 Å². The highest BCUT2D eigenvalue weighted by Gasteiger charge is 2.19. The van der Waals surface area contributed by atoms with Gasteiger partial charge in [-0.15, -0.1) is 22.7 Å². The van der Waals surface area contributed by atoms with E-state index in [1.165, 1.54) is 35.1 Å². The quantitative estimate of drug-likeness (QED) is 0.802. The van der Waals surface area contributed by atoms with Gasteiger partial charge in [-0.05, 0) is 31.2 Å². The molecule has 0 atom stereocenters. The second-order valence-corrected chi connectivity index (χ2v) is 6.75. The van der Waals surface area contributed by atoms with Gasteiger partial charge < -0.3 is 5.32 Å². The summed E-state index contributed by atoms with van der Waals surface area (Å²) in [6.07, 6.45) is 6.59. The van der Waals surface area contributed by atoms with Gasteiger partial charge in [0.2, 0.25) is 0 Å². The molecule has 4 rings (SSSR count). The van der Waals surface area contributed by atoms with Crippen molar-refractivity contribution in [3.63, 3.8) is 0 Å². The Balaban J connectivity index is 1.73. The third-order valence-corrected chi connectivity index (χ3v) is 5.51. The summed E-state index contributed by atoms with van der Waals surface area (Å²) in [4.78, 5) is 15.8. The second kappa shape index (κ2) is 5.10. The molecular formula is C14H14N4S2. The number of rotatable bonds is 3. The van der Waals surface area contributed by atoms with Gasteiger partial charge in [0.25, 0.3) is 0 Å². The lowest BCUT2D eigenvalue weighted by molar-refractivity contribution is 0.700. The van der Waals surface area contributed by atoms with Gasteiger partial charge in [-0.2, -0.15) is 0 Å². The molecule has 0 unspecified atom stereocenters. The Labute approximate surface area is 124 Å². The Bertz CT molecular complexity index is 733. The van der Waals surface area contributed by atoms with Crippen molar-refractivity contribution in [3.8, 4) is 0 Å². The monoisotopic (exact) mass is 302 g/mol. The van der Waals surface area contributed by atoms with Crippen LogP contribution in [0.1, 0.15) is 29.0 Å². The van der Waals surface area contributed by atoms with Crippen LogP contribution in [0.3, 0.4) is 0 Å². The lowest BCUT2D eigenvalue weighted by Crippen LogP contribution is -2.04. The van der Waals surface area contributed by atoms with E-state index < -0.39 is 0 Å². The molecule has 3 aromatic rings. The first-order chi connectivity index (χ1) is 9.92. The zero-order valence-corrected chi connectivity index (χ0v) is 12.6. The van der Waals surface area contributed by atoms with Crippen molar-refractivity contribution in [2.75, 3.05) is 5.32 Å². The summed E-state index contributed by atoms with van der Waals surface area (Å²) >= 11 is 3.45. The van der Waals surface area contributed by atoms with E-state index in [1.807, 2.05) is 16.8 Å². The van der Waals surface area contributed by atoms with Gasteiger partial charge in [0.1, 0.15) is 17.0 Å². The summed E-state index contributed by atoms with van der Waals surface area (Å²) in [6.45, 7) is 0.722. The van der Waals surface area contributed by atoms with E-state index in [2.05, 4.69) is 25.6 Å². The maximum Gasteiger partial charge on any atom is 0.138 e. The Morgan fingerprint density at radius 3 is 3.00 bits per heavy atom. The second-order valence-electron chi connectivity index (χ2n) is 4.95. The van der Waals surface area contributed by atoms with Crippen molar-refractivity contribution in [1.29, 1.82) is 0 Å². The number of fused-ring (bicyclic) bond motifs is 3. The highest BCUT2D eigenvalue weighted by molar-refractivity contribution is 7.19. The van der Waals surface area contributed by atoms with Crippen LogP contribution in [0.5, 0.6) is 0 Å². The zero-order valence-electron chi connectivity index (χ0n) is 10.9. The van der Waals surface area contributed by atoms with Crippen molar-refractivity contribution < 1.29 is 0 Å². The molecule has 4 nitrogen and oxygen atoms in total. The van der Waals surface area contributed by atoms with Crippen molar-refractivity contribution >= 4 is 38.7 Å². The standard InChI is InChI=1S/C14H14N4S2/c1-2-4-11-10(3-1)12-13(16-7-17-14(12)20-11)15-5-9-6-19-8-18-9/h6-8H,1-5H2,(H,15,16,17). The number of hydrogen-bond donors (Lipinski definition) is 1. The summed E-state index contributed by atoms with van der Waals surface area (Å²) in [7, 11) is 0. The molecule has 0 amide bonds. The van der Waals surface area contributed by atoms with Crippen LogP contribution >= 0.6 is 22.7 Å². The molecule has 0 spiro atoms. The van der Waals surface area contributed by atoms with Crippen LogP contribution in [0, 0.1) is 0 Å². The topological polar surface area (TPSA) is 50.7 Å². The van der Waals surface area contributed by atoms with Gasteiger partial charge in [-0.25, -0.2) is 15.0 Å². The van der Waals surface area contributed by atoms with Crippen molar-refractivity contribution in [3.05, 3.63) is 33.4 Å². The van der Waals surface area contributed by atoms with E-state index in [0.29, 0.717) is 0 Å². The highest BCUT2D eigenvalue weighted by Crippen LogP contribution is 2.38. The fourth-order valence-electron chi connectivity index (χ4n) is 2.72. The molecular weight excluding hydrogens is 288 g/mol. The van der Waals surface area contributed by atoms with Gasteiger partial charge >= 0.3 is 0 Å². The molecule has 6 heteroatoms. The number of hydrogen-bond acceptors (Lipinski definition) is 6. The molecule has 0 saturated heterocycles. The number of nitrogens with zero attached hydrogens (tertiary/aromatic N) is 3. The molecule has 1 aliphatic carbocycles. The fraction of sp³-hybridized carbons (Fsp3) is 0.357. The normalized spacial score (nSPS) is 14.4. The number of nitrogens with one attached hydrogen (secondary N) is 1. The molecule has 0 radical (unpaired) electrons. The largest absolute Gasteiger partial charge is 0.364 e. The van der Waals surface area contributed by atoms with E-state index in [-0.39, 0.29) is 0 Å². The summed E-state index contributed by atoms with van der Waals surface area (Å²) in [5.41, 5.74) is 4.39. The van der Waals surface area contributed by atoms with Gasteiger partial charge in [0, 0.05) is 10.3 Å². The molecule has 102 valence electrons. The smallest absolute Gasteiger partial charge is 0.138 e. The Hall–Kier alpha value is -1.53. The van der Waals surface area contributed by atoms with Crippen molar-refractivity contribution in [2.45, 2.75) is 32.2 Å². The first-order valence-corrected chi connectivity index (χ1v) is 8.54. The minimum atomic E-state index is 0.722. The van der Waals surface area contributed by atoms with E-state index in [4.69, 9.17) is 0 Å². The van der Waals surface area contributed by atoms with Crippen molar-refractivity contribution in [1.82, 2.24) is 15.0 Å². The van der Waals surface area contributed by atoms with Crippen LogP contribution in [-0.2, 0) is 19.4 Å². The molecule has 20 heavy (non-hydrogen) atoms. The molecule has 0 aromatic carbocycles. The average molecular weight is 302 g/mol. The minimum Gasteiger partial charge on any atom is -0.364 e. The summed E-state index contributed by atoms with van der Waals surface area (Å²) in [6, 6.07) is 0. The first kappa shape index (κ1) is 12.2. The number of aromatic nitrogens is 3. The van der Waals surface area contributed by atoms with Gasteiger partial charge in [-0.1, -0.05) is 0 Å². The lowest BCUT2D eigenvalue weighted by Gasteiger charge is -2.12. The average Bonchev–Trinajstić information content (AvgIpc) is 3.12. The van der Waals surface area contributed by atoms with Gasteiger partial charge in [0.15, 0.2) is 0 Å². The van der Waals surface area contributed by atoms with Gasteiger partial charge in [-0.3, -0.25) is 0 Å². The maximum absolute atomic E-state index is 4.45. The number of anilines is 1. The van der Waals surface area contributed by atoms with Crippen LogP contribution in [-0.4, -0.2) is 15.0 Å². The summed E-state index contributed by atoms with van der Waals surface area (Å²) in [5.74, 6) is 0.961. The Morgan fingerprint density at radius 2 is 2.10 bits per heavy atom. The summed E-state index contributed by atoms with van der Waals surface area (Å²) in [5, 5.41) is 6.73. The van der Waals surface area contributed by atoms with E-state index >= 15 is 0 Å². The molecule has 0 bridgehead atoms. The summed E-state index contributed by atoms with van der Waals surface area (Å²) < 4.78 is 0. The molecule has 3 aromatic heterocycles. The van der Waals surface area contributed by atoms with E-state index in [1.54, 1.807) is 17.7 Å². The van der Waals surface area contributed by atoms with Crippen LogP contribution in [0.15, 0.2) is 17.2 Å².